The number of rotatable bonds is 8. The Morgan fingerprint density at radius 1 is 1.12 bits per heavy atom. The van der Waals surface area contributed by atoms with Crippen molar-refractivity contribution in [3.8, 4) is 0 Å². The van der Waals surface area contributed by atoms with Crippen LogP contribution < -0.4 is 5.32 Å². The highest BCUT2D eigenvalue weighted by atomic mass is 32.2. The summed E-state index contributed by atoms with van der Waals surface area (Å²) in [5.74, 6) is 0. The van der Waals surface area contributed by atoms with Crippen LogP contribution in [0.3, 0.4) is 0 Å². The van der Waals surface area contributed by atoms with E-state index in [1.54, 1.807) is 0 Å². The van der Waals surface area contributed by atoms with Crippen molar-refractivity contribution in [1.29, 1.82) is 0 Å². The van der Waals surface area contributed by atoms with E-state index in [4.69, 9.17) is 5.11 Å². The zero-order valence-electron chi connectivity index (χ0n) is 10.6. The summed E-state index contributed by atoms with van der Waals surface area (Å²) in [5.41, 5.74) is 0. The molecule has 0 amide bonds. The summed E-state index contributed by atoms with van der Waals surface area (Å²) in [5, 5.41) is 12.3. The molecule has 0 bridgehead atoms. The average molecular weight is 245 g/mol. The predicted molar refractivity (Wildman–Crippen MR) is 73.1 cm³/mol. The molecular weight excluding hydrogens is 218 g/mol. The van der Waals surface area contributed by atoms with Gasteiger partial charge in [0.1, 0.15) is 0 Å². The molecule has 0 atom stereocenters. The van der Waals surface area contributed by atoms with E-state index in [9.17, 15) is 0 Å². The lowest BCUT2D eigenvalue weighted by atomic mass is 9.88. The Morgan fingerprint density at radius 2 is 1.88 bits per heavy atom. The zero-order chi connectivity index (χ0) is 11.7. The number of aliphatic hydroxyl groups is 1. The van der Waals surface area contributed by atoms with Gasteiger partial charge in [-0.05, 0) is 44.9 Å². The summed E-state index contributed by atoms with van der Waals surface area (Å²) in [7, 11) is 0. The molecule has 1 fully saturated rings. The molecule has 2 N–H and O–H groups in total. The van der Waals surface area contributed by atoms with E-state index < -0.39 is 0 Å². The summed E-state index contributed by atoms with van der Waals surface area (Å²) in [4.78, 5) is 0. The lowest BCUT2D eigenvalue weighted by Gasteiger charge is -2.36. The number of aliphatic hydroxyl groups excluding tert-OH is 1. The van der Waals surface area contributed by atoms with Crippen molar-refractivity contribution in [2.45, 2.75) is 56.1 Å². The van der Waals surface area contributed by atoms with E-state index in [1.165, 1.54) is 45.1 Å². The van der Waals surface area contributed by atoms with E-state index in [2.05, 4.69) is 23.3 Å². The van der Waals surface area contributed by atoms with E-state index >= 15 is 0 Å². The Morgan fingerprint density at radius 3 is 2.50 bits per heavy atom. The first kappa shape index (κ1) is 14.3. The van der Waals surface area contributed by atoms with Crippen molar-refractivity contribution in [2.24, 2.45) is 0 Å². The van der Waals surface area contributed by atoms with Crippen LogP contribution in [0.4, 0.5) is 0 Å². The number of hydrogen-bond acceptors (Lipinski definition) is 3. The Bertz CT molecular complexity index is 169. The predicted octanol–water partition coefficient (Wildman–Crippen LogP) is 2.80. The van der Waals surface area contributed by atoms with Gasteiger partial charge in [-0.1, -0.05) is 19.3 Å². The fourth-order valence-corrected chi connectivity index (χ4v) is 3.45. The van der Waals surface area contributed by atoms with Gasteiger partial charge in [-0.3, -0.25) is 0 Å². The minimum absolute atomic E-state index is 0.342. The molecule has 3 heteroatoms. The Labute approximate surface area is 105 Å². The van der Waals surface area contributed by atoms with Gasteiger partial charge in [0, 0.05) is 17.9 Å². The van der Waals surface area contributed by atoms with E-state index in [1.807, 2.05) is 0 Å². The summed E-state index contributed by atoms with van der Waals surface area (Å²) in [6.07, 6.45) is 12.6. The summed E-state index contributed by atoms with van der Waals surface area (Å²) < 4.78 is 0.523. The van der Waals surface area contributed by atoms with Gasteiger partial charge in [0.05, 0.1) is 0 Å². The third-order valence-corrected chi connectivity index (χ3v) is 5.08. The number of nitrogens with one attached hydrogen (secondary N) is 1. The molecular formula is C13H27NOS. The van der Waals surface area contributed by atoms with Crippen molar-refractivity contribution in [3.05, 3.63) is 0 Å². The van der Waals surface area contributed by atoms with Crippen molar-refractivity contribution >= 4 is 11.8 Å². The van der Waals surface area contributed by atoms with Crippen molar-refractivity contribution in [1.82, 2.24) is 5.32 Å². The molecule has 0 heterocycles. The second kappa shape index (κ2) is 8.37. The molecule has 0 aromatic carbocycles. The lowest BCUT2D eigenvalue weighted by molar-refractivity contribution is 0.282. The van der Waals surface area contributed by atoms with Gasteiger partial charge >= 0.3 is 0 Å². The molecule has 0 radical (unpaired) electrons. The highest BCUT2D eigenvalue weighted by molar-refractivity contribution is 8.00. The lowest BCUT2D eigenvalue weighted by Crippen LogP contribution is -2.39. The molecule has 0 unspecified atom stereocenters. The fraction of sp³-hybridized carbons (Fsp3) is 1.00. The van der Waals surface area contributed by atoms with Crippen LogP contribution in [0.15, 0.2) is 0 Å². The van der Waals surface area contributed by atoms with Gasteiger partial charge in [-0.25, -0.2) is 0 Å². The van der Waals surface area contributed by atoms with Gasteiger partial charge in [0.2, 0.25) is 0 Å². The van der Waals surface area contributed by atoms with Crippen LogP contribution in [0.5, 0.6) is 0 Å². The number of unbranched alkanes of at least 4 members (excludes halogenated alkanes) is 2. The molecule has 1 aliphatic rings. The molecule has 1 rings (SSSR count). The Kier molecular flexibility index (Phi) is 7.50. The van der Waals surface area contributed by atoms with Crippen molar-refractivity contribution in [3.63, 3.8) is 0 Å². The normalized spacial score (nSPS) is 19.9. The minimum atomic E-state index is 0.342. The fourth-order valence-electron chi connectivity index (χ4n) is 2.50. The molecule has 0 aliphatic heterocycles. The number of hydrogen-bond donors (Lipinski definition) is 2. The van der Waals surface area contributed by atoms with E-state index in [-0.39, 0.29) is 0 Å². The molecule has 0 saturated heterocycles. The SMILES string of the molecule is CSC1(CNCCCCCO)CCCCC1. The maximum atomic E-state index is 8.68. The topological polar surface area (TPSA) is 32.3 Å². The summed E-state index contributed by atoms with van der Waals surface area (Å²) in [6, 6.07) is 0. The minimum Gasteiger partial charge on any atom is -0.396 e. The first-order chi connectivity index (χ1) is 7.83. The van der Waals surface area contributed by atoms with E-state index in [0.29, 0.717) is 11.4 Å². The third-order valence-electron chi connectivity index (χ3n) is 3.66. The smallest absolute Gasteiger partial charge is 0.0431 e. The maximum absolute atomic E-state index is 8.68. The van der Waals surface area contributed by atoms with Gasteiger partial charge < -0.3 is 10.4 Å². The van der Waals surface area contributed by atoms with Crippen molar-refractivity contribution < 1.29 is 5.11 Å². The largest absolute Gasteiger partial charge is 0.396 e. The molecule has 0 spiro atoms. The molecule has 1 aliphatic carbocycles. The molecule has 0 aromatic heterocycles. The summed E-state index contributed by atoms with van der Waals surface area (Å²) >= 11 is 2.06. The molecule has 0 aromatic rings. The second-order valence-electron chi connectivity index (χ2n) is 4.91. The Hall–Kier alpha value is 0.270. The van der Waals surface area contributed by atoms with Gasteiger partial charge in [-0.2, -0.15) is 11.8 Å². The maximum Gasteiger partial charge on any atom is 0.0431 e. The van der Waals surface area contributed by atoms with Gasteiger partial charge in [-0.15, -0.1) is 0 Å². The standard InChI is InChI=1S/C13H27NOS/c1-16-13(8-4-2-5-9-13)12-14-10-6-3-7-11-15/h14-15H,2-12H2,1H3. The van der Waals surface area contributed by atoms with Gasteiger partial charge in [0.25, 0.3) is 0 Å². The second-order valence-corrected chi connectivity index (χ2v) is 6.18. The van der Waals surface area contributed by atoms with Crippen LogP contribution >= 0.6 is 11.8 Å². The molecule has 96 valence electrons. The first-order valence-corrected chi connectivity index (χ1v) is 7.92. The van der Waals surface area contributed by atoms with Crippen molar-refractivity contribution in [2.75, 3.05) is 26.0 Å². The van der Waals surface area contributed by atoms with Crippen LogP contribution in [0.1, 0.15) is 51.4 Å². The van der Waals surface area contributed by atoms with Crippen LogP contribution in [0.2, 0.25) is 0 Å². The molecule has 16 heavy (non-hydrogen) atoms. The number of thioether (sulfide) groups is 1. The van der Waals surface area contributed by atoms with Crippen LogP contribution in [0.25, 0.3) is 0 Å². The highest BCUT2D eigenvalue weighted by Crippen LogP contribution is 2.37. The first-order valence-electron chi connectivity index (χ1n) is 6.70. The molecule has 2 nitrogen and oxygen atoms in total. The zero-order valence-corrected chi connectivity index (χ0v) is 11.5. The van der Waals surface area contributed by atoms with Crippen LogP contribution in [0, 0.1) is 0 Å². The monoisotopic (exact) mass is 245 g/mol. The van der Waals surface area contributed by atoms with Crippen LogP contribution in [-0.2, 0) is 0 Å². The Balaban J connectivity index is 2.08. The third kappa shape index (κ3) is 5.07. The quantitative estimate of drug-likeness (QED) is 0.645. The highest BCUT2D eigenvalue weighted by Gasteiger charge is 2.30. The average Bonchev–Trinajstić information content (AvgIpc) is 2.35. The van der Waals surface area contributed by atoms with E-state index in [0.717, 1.165) is 19.4 Å². The van der Waals surface area contributed by atoms with Gasteiger partial charge in [0.15, 0.2) is 0 Å². The summed E-state index contributed by atoms with van der Waals surface area (Å²) in [6.45, 7) is 2.63. The molecule has 1 saturated carbocycles. The van der Waals surface area contributed by atoms with Crippen LogP contribution in [-0.4, -0.2) is 35.8 Å².